The Hall–Kier alpha value is -1.98. The molecule has 1 amide bonds. The Kier molecular flexibility index (Phi) is 1.92. The van der Waals surface area contributed by atoms with Crippen molar-refractivity contribution in [2.45, 2.75) is 6.42 Å². The number of likely N-dealkylation sites (N-methyl/N-ethyl adjacent to an activating group) is 1. The maximum Gasteiger partial charge on any atom is 0.305 e. The fourth-order valence-electron chi connectivity index (χ4n) is 1.63. The van der Waals surface area contributed by atoms with Gasteiger partial charge in [-0.15, -0.1) is 0 Å². The zero-order valence-electron chi connectivity index (χ0n) is 7.86. The van der Waals surface area contributed by atoms with E-state index in [4.69, 9.17) is 0 Å². The summed E-state index contributed by atoms with van der Waals surface area (Å²) in [4.78, 5) is 22.2. The number of hydrogen-bond donors (Lipinski definition) is 0. The number of carbonyl (C=O) groups excluding carboxylic acids is 1. The SMILES string of the molecule is CN1C(=O)Cc2c1ccc([N+](=O)[O-])c2F. The quantitative estimate of drug-likeness (QED) is 0.517. The highest BCUT2D eigenvalue weighted by molar-refractivity contribution is 6.01. The van der Waals surface area contributed by atoms with Crippen LogP contribution in [-0.2, 0) is 11.2 Å². The predicted octanol–water partition coefficient (Wildman–Crippen LogP) is 1.25. The molecule has 0 radical (unpaired) electrons. The van der Waals surface area contributed by atoms with Gasteiger partial charge in [0.15, 0.2) is 0 Å². The second-order valence-corrected chi connectivity index (χ2v) is 3.28. The molecule has 78 valence electrons. The van der Waals surface area contributed by atoms with Crippen LogP contribution in [0, 0.1) is 15.9 Å². The van der Waals surface area contributed by atoms with E-state index in [1.54, 1.807) is 0 Å². The Morgan fingerprint density at radius 3 is 2.80 bits per heavy atom. The molecule has 0 atom stereocenters. The number of halogens is 1. The lowest BCUT2D eigenvalue weighted by Crippen LogP contribution is -2.20. The lowest BCUT2D eigenvalue weighted by Gasteiger charge is -2.09. The molecule has 15 heavy (non-hydrogen) atoms. The first-order valence-corrected chi connectivity index (χ1v) is 4.24. The number of amides is 1. The van der Waals surface area contributed by atoms with Crippen molar-refractivity contribution < 1.29 is 14.1 Å². The van der Waals surface area contributed by atoms with Gasteiger partial charge >= 0.3 is 5.69 Å². The van der Waals surface area contributed by atoms with Gasteiger partial charge in [0.1, 0.15) is 0 Å². The summed E-state index contributed by atoms with van der Waals surface area (Å²) >= 11 is 0. The van der Waals surface area contributed by atoms with E-state index in [1.165, 1.54) is 18.0 Å². The van der Waals surface area contributed by atoms with Gasteiger partial charge in [-0.3, -0.25) is 14.9 Å². The van der Waals surface area contributed by atoms with E-state index in [0.717, 1.165) is 6.07 Å². The maximum absolute atomic E-state index is 13.6. The predicted molar refractivity (Wildman–Crippen MR) is 50.2 cm³/mol. The number of anilines is 1. The molecule has 0 unspecified atom stereocenters. The molecule has 0 aromatic heterocycles. The monoisotopic (exact) mass is 210 g/mol. The fraction of sp³-hybridized carbons (Fsp3) is 0.222. The topological polar surface area (TPSA) is 63.5 Å². The van der Waals surface area contributed by atoms with Gasteiger partial charge in [-0.2, -0.15) is 4.39 Å². The molecule has 0 spiro atoms. The zero-order chi connectivity index (χ0) is 11.2. The molecule has 0 fully saturated rings. The summed E-state index contributed by atoms with van der Waals surface area (Å²) in [5.41, 5.74) is -0.0725. The van der Waals surface area contributed by atoms with Crippen LogP contribution in [0.2, 0.25) is 0 Å². The smallest absolute Gasteiger partial charge is 0.305 e. The lowest BCUT2D eigenvalue weighted by molar-refractivity contribution is -0.387. The summed E-state index contributed by atoms with van der Waals surface area (Å²) in [6, 6.07) is 2.46. The molecule has 0 aliphatic carbocycles. The van der Waals surface area contributed by atoms with Crippen molar-refractivity contribution in [3.63, 3.8) is 0 Å². The Labute approximate surface area is 84.3 Å². The van der Waals surface area contributed by atoms with Crippen molar-refractivity contribution in [2.24, 2.45) is 0 Å². The lowest BCUT2D eigenvalue weighted by atomic mass is 10.1. The van der Waals surface area contributed by atoms with E-state index in [-0.39, 0.29) is 17.9 Å². The number of carbonyl (C=O) groups is 1. The third-order valence-electron chi connectivity index (χ3n) is 2.46. The molecule has 1 aliphatic heterocycles. The summed E-state index contributed by atoms with van der Waals surface area (Å²) in [5, 5.41) is 10.5. The first-order valence-electron chi connectivity index (χ1n) is 4.24. The Bertz CT molecular complexity index is 473. The fourth-order valence-corrected chi connectivity index (χ4v) is 1.63. The summed E-state index contributed by atoms with van der Waals surface area (Å²) in [5.74, 6) is -1.17. The van der Waals surface area contributed by atoms with Crippen LogP contribution < -0.4 is 4.90 Å². The molecule has 2 rings (SSSR count). The third-order valence-corrected chi connectivity index (χ3v) is 2.46. The van der Waals surface area contributed by atoms with Crippen LogP contribution >= 0.6 is 0 Å². The standard InChI is InChI=1S/C9H7FN2O3/c1-11-6-2-3-7(12(14)15)9(10)5(6)4-8(11)13/h2-3H,4H2,1H3. The van der Waals surface area contributed by atoms with Gasteiger partial charge in [-0.1, -0.05) is 0 Å². The van der Waals surface area contributed by atoms with E-state index >= 15 is 0 Å². The number of hydrogen-bond acceptors (Lipinski definition) is 3. The Morgan fingerprint density at radius 2 is 2.20 bits per heavy atom. The number of rotatable bonds is 1. The van der Waals surface area contributed by atoms with Crippen molar-refractivity contribution in [3.8, 4) is 0 Å². The molecule has 1 aliphatic rings. The van der Waals surface area contributed by atoms with E-state index < -0.39 is 16.4 Å². The Balaban J connectivity index is 2.62. The first-order chi connectivity index (χ1) is 7.02. The van der Waals surface area contributed by atoms with Gasteiger partial charge in [0.05, 0.1) is 17.0 Å². The van der Waals surface area contributed by atoms with E-state index in [9.17, 15) is 19.3 Å². The van der Waals surface area contributed by atoms with Crippen molar-refractivity contribution in [1.82, 2.24) is 0 Å². The molecule has 0 N–H and O–H groups in total. The molecule has 1 aromatic carbocycles. The number of nitro benzene ring substituents is 1. The summed E-state index contributed by atoms with van der Waals surface area (Å²) in [6.07, 6.45) is -0.112. The van der Waals surface area contributed by atoms with Gasteiger partial charge in [-0.25, -0.2) is 0 Å². The van der Waals surface area contributed by atoms with Crippen LogP contribution in [-0.4, -0.2) is 17.9 Å². The normalized spacial score (nSPS) is 14.3. The number of fused-ring (bicyclic) bond motifs is 1. The highest BCUT2D eigenvalue weighted by atomic mass is 19.1. The van der Waals surface area contributed by atoms with Crippen LogP contribution in [0.5, 0.6) is 0 Å². The number of benzene rings is 1. The van der Waals surface area contributed by atoms with E-state index in [2.05, 4.69) is 0 Å². The summed E-state index contributed by atoms with van der Waals surface area (Å²) in [7, 11) is 1.51. The van der Waals surface area contributed by atoms with Crippen LogP contribution in [0.25, 0.3) is 0 Å². The first kappa shape index (κ1) is 9.57. The van der Waals surface area contributed by atoms with Crippen LogP contribution in [0.15, 0.2) is 12.1 Å². The highest BCUT2D eigenvalue weighted by Crippen LogP contribution is 2.34. The van der Waals surface area contributed by atoms with E-state index in [1.807, 2.05) is 0 Å². The molecule has 1 aromatic rings. The van der Waals surface area contributed by atoms with Gasteiger partial charge in [0, 0.05) is 18.7 Å². The minimum absolute atomic E-state index is 0.108. The molecular formula is C9H7FN2O3. The largest absolute Gasteiger partial charge is 0.315 e. The number of nitro groups is 1. The summed E-state index contributed by atoms with van der Waals surface area (Å²) in [6.45, 7) is 0. The number of nitrogens with zero attached hydrogens (tertiary/aromatic N) is 2. The molecule has 1 heterocycles. The van der Waals surface area contributed by atoms with Crippen LogP contribution in [0.4, 0.5) is 15.8 Å². The van der Waals surface area contributed by atoms with Crippen molar-refractivity contribution in [1.29, 1.82) is 0 Å². The van der Waals surface area contributed by atoms with Gasteiger partial charge in [0.2, 0.25) is 11.7 Å². The molecule has 0 saturated carbocycles. The van der Waals surface area contributed by atoms with Crippen LogP contribution in [0.1, 0.15) is 5.56 Å². The minimum Gasteiger partial charge on any atom is -0.315 e. The molecular weight excluding hydrogens is 203 g/mol. The van der Waals surface area contributed by atoms with E-state index in [0.29, 0.717) is 5.69 Å². The summed E-state index contributed by atoms with van der Waals surface area (Å²) < 4.78 is 13.6. The van der Waals surface area contributed by atoms with Gasteiger partial charge < -0.3 is 4.90 Å². The molecule has 6 heteroatoms. The Morgan fingerprint density at radius 1 is 1.53 bits per heavy atom. The average Bonchev–Trinajstić information content (AvgIpc) is 2.45. The van der Waals surface area contributed by atoms with Crippen molar-refractivity contribution in [3.05, 3.63) is 33.6 Å². The van der Waals surface area contributed by atoms with Gasteiger partial charge in [-0.05, 0) is 6.07 Å². The second-order valence-electron chi connectivity index (χ2n) is 3.28. The molecule has 5 nitrogen and oxygen atoms in total. The minimum atomic E-state index is -0.907. The zero-order valence-corrected chi connectivity index (χ0v) is 7.86. The second kappa shape index (κ2) is 3.01. The highest BCUT2D eigenvalue weighted by Gasteiger charge is 2.31. The molecule has 0 saturated heterocycles. The van der Waals surface area contributed by atoms with Gasteiger partial charge in [0.25, 0.3) is 0 Å². The van der Waals surface area contributed by atoms with Crippen molar-refractivity contribution >= 4 is 17.3 Å². The maximum atomic E-state index is 13.6. The average molecular weight is 210 g/mol. The third kappa shape index (κ3) is 1.25. The van der Waals surface area contributed by atoms with Crippen LogP contribution in [0.3, 0.4) is 0 Å². The van der Waals surface area contributed by atoms with Crippen molar-refractivity contribution in [2.75, 3.05) is 11.9 Å². The molecule has 0 bridgehead atoms.